The Morgan fingerprint density at radius 2 is 1.71 bits per heavy atom. The fourth-order valence-electron chi connectivity index (χ4n) is 3.55. The third-order valence-corrected chi connectivity index (χ3v) is 5.18. The number of nitrogens with zero attached hydrogens (tertiary/aromatic N) is 3. The van der Waals surface area contributed by atoms with Gasteiger partial charge in [-0.15, -0.1) is 0 Å². The number of fused-ring (bicyclic) bond motifs is 1. The zero-order valence-corrected chi connectivity index (χ0v) is 18.3. The maximum Gasteiger partial charge on any atom is 0.347 e. The Kier molecular flexibility index (Phi) is 7.64. The average Bonchev–Trinajstić information content (AvgIpc) is 2.76. The van der Waals surface area contributed by atoms with Gasteiger partial charge in [-0.05, 0) is 31.5 Å². The van der Waals surface area contributed by atoms with Crippen LogP contribution < -0.4 is 9.80 Å². The molecule has 0 unspecified atom stereocenters. The van der Waals surface area contributed by atoms with Gasteiger partial charge in [0, 0.05) is 32.9 Å². The second kappa shape index (κ2) is 10.4. The van der Waals surface area contributed by atoms with Crippen molar-refractivity contribution in [2.75, 3.05) is 62.9 Å². The third kappa shape index (κ3) is 5.42. The van der Waals surface area contributed by atoms with Crippen molar-refractivity contribution in [2.45, 2.75) is 20.4 Å². The number of anilines is 2. The predicted octanol–water partition coefficient (Wildman–Crippen LogP) is 1.31. The fourth-order valence-corrected chi connectivity index (χ4v) is 3.55. The lowest BCUT2D eigenvalue weighted by Crippen LogP contribution is -2.42. The molecule has 3 rings (SSSR count). The maximum absolute atomic E-state index is 12.6. The minimum Gasteiger partial charge on any atom is -0.462 e. The summed E-state index contributed by atoms with van der Waals surface area (Å²) in [6.07, 6.45) is 1.35. The van der Waals surface area contributed by atoms with Crippen LogP contribution in [-0.4, -0.2) is 75.9 Å². The van der Waals surface area contributed by atoms with Gasteiger partial charge in [-0.2, -0.15) is 0 Å². The fraction of sp³-hybridized carbons (Fsp3) is 0.500. The lowest BCUT2D eigenvalue weighted by Gasteiger charge is -2.34. The second-order valence-electron chi connectivity index (χ2n) is 7.28. The minimum absolute atomic E-state index is 0.00534. The van der Waals surface area contributed by atoms with E-state index in [1.165, 1.54) is 6.20 Å². The third-order valence-electron chi connectivity index (χ3n) is 5.18. The summed E-state index contributed by atoms with van der Waals surface area (Å²) in [4.78, 5) is 42.8. The van der Waals surface area contributed by atoms with Crippen LogP contribution in [-0.2, 0) is 35.1 Å². The van der Waals surface area contributed by atoms with Gasteiger partial charge >= 0.3 is 11.9 Å². The Morgan fingerprint density at radius 3 is 2.32 bits per heavy atom. The predicted molar refractivity (Wildman–Crippen MR) is 115 cm³/mol. The monoisotopic (exact) mass is 431 g/mol. The highest BCUT2D eigenvalue weighted by molar-refractivity contribution is 6.15. The molecule has 1 aromatic rings. The van der Waals surface area contributed by atoms with Crippen molar-refractivity contribution < 1.29 is 28.6 Å². The van der Waals surface area contributed by atoms with E-state index in [2.05, 4.69) is 4.90 Å². The second-order valence-corrected chi connectivity index (χ2v) is 7.28. The first-order chi connectivity index (χ1) is 14.9. The molecule has 0 radical (unpaired) electrons. The van der Waals surface area contributed by atoms with Gasteiger partial charge in [-0.25, -0.2) is 9.59 Å². The van der Waals surface area contributed by atoms with E-state index in [1.54, 1.807) is 30.7 Å². The number of hydrogen-bond donors (Lipinski definition) is 0. The van der Waals surface area contributed by atoms with Gasteiger partial charge in [0.05, 0.1) is 37.8 Å². The van der Waals surface area contributed by atoms with Crippen LogP contribution in [0.1, 0.15) is 19.4 Å². The van der Waals surface area contributed by atoms with E-state index in [0.717, 1.165) is 30.9 Å². The zero-order valence-electron chi connectivity index (χ0n) is 18.3. The van der Waals surface area contributed by atoms with E-state index in [-0.39, 0.29) is 31.2 Å². The van der Waals surface area contributed by atoms with Crippen LogP contribution in [0, 0.1) is 0 Å². The van der Waals surface area contributed by atoms with E-state index in [1.807, 2.05) is 18.2 Å². The van der Waals surface area contributed by atoms with Gasteiger partial charge < -0.3 is 24.0 Å². The Hall–Kier alpha value is -2.91. The van der Waals surface area contributed by atoms with E-state index < -0.39 is 11.9 Å². The zero-order chi connectivity index (χ0) is 22.4. The first-order valence-corrected chi connectivity index (χ1v) is 10.5. The molecule has 0 bridgehead atoms. The summed E-state index contributed by atoms with van der Waals surface area (Å²) in [5, 5.41) is 0. The normalized spacial score (nSPS) is 16.5. The molecule has 0 N–H and O–H groups in total. The summed E-state index contributed by atoms with van der Waals surface area (Å²) in [7, 11) is 1.72. The number of likely N-dealkylation sites (N-methyl/N-ethyl adjacent to an activating group) is 1. The van der Waals surface area contributed by atoms with Gasteiger partial charge in [0.1, 0.15) is 6.54 Å². The molecule has 1 saturated heterocycles. The molecule has 168 valence electrons. The average molecular weight is 431 g/mol. The molecule has 0 saturated carbocycles. The number of ether oxygens (including phenoxy) is 3. The van der Waals surface area contributed by atoms with Gasteiger partial charge in [-0.1, -0.05) is 6.07 Å². The first-order valence-electron chi connectivity index (χ1n) is 10.5. The number of carbonyl (C=O) groups excluding carboxylic acids is 3. The number of benzene rings is 1. The highest BCUT2D eigenvalue weighted by Crippen LogP contribution is 2.34. The summed E-state index contributed by atoms with van der Waals surface area (Å²) in [5.74, 6) is -1.71. The smallest absolute Gasteiger partial charge is 0.347 e. The lowest BCUT2D eigenvalue weighted by atomic mass is 10.1. The molecule has 31 heavy (non-hydrogen) atoms. The quantitative estimate of drug-likeness (QED) is 0.276. The molecule has 2 aliphatic rings. The Morgan fingerprint density at radius 1 is 1.06 bits per heavy atom. The molecule has 0 spiro atoms. The van der Waals surface area contributed by atoms with Crippen molar-refractivity contribution in [3.63, 3.8) is 0 Å². The van der Waals surface area contributed by atoms with Crippen molar-refractivity contribution in [1.82, 2.24) is 4.90 Å². The molecule has 2 heterocycles. The van der Waals surface area contributed by atoms with Crippen molar-refractivity contribution >= 4 is 29.2 Å². The minimum atomic E-state index is -0.780. The van der Waals surface area contributed by atoms with Crippen LogP contribution in [0.4, 0.5) is 11.4 Å². The van der Waals surface area contributed by atoms with E-state index in [0.29, 0.717) is 18.9 Å². The highest BCUT2D eigenvalue weighted by atomic mass is 16.6. The van der Waals surface area contributed by atoms with E-state index in [4.69, 9.17) is 14.2 Å². The van der Waals surface area contributed by atoms with E-state index >= 15 is 0 Å². The summed E-state index contributed by atoms with van der Waals surface area (Å²) in [6, 6.07) is 5.86. The van der Waals surface area contributed by atoms with Crippen LogP contribution in [0.5, 0.6) is 0 Å². The molecule has 1 aromatic carbocycles. The number of amides is 1. The summed E-state index contributed by atoms with van der Waals surface area (Å²) >= 11 is 0. The molecule has 1 fully saturated rings. The topological polar surface area (TPSA) is 88.6 Å². The summed E-state index contributed by atoms with van der Waals surface area (Å²) < 4.78 is 15.4. The van der Waals surface area contributed by atoms with E-state index in [9.17, 15) is 14.4 Å². The first kappa shape index (κ1) is 22.8. The van der Waals surface area contributed by atoms with Gasteiger partial charge in [0.2, 0.25) is 5.91 Å². The highest BCUT2D eigenvalue weighted by Gasteiger charge is 2.29. The summed E-state index contributed by atoms with van der Waals surface area (Å²) in [6.45, 7) is 7.47. The molecule has 0 atom stereocenters. The molecule has 0 aromatic heterocycles. The number of morpholine rings is 1. The Labute approximate surface area is 182 Å². The van der Waals surface area contributed by atoms with Crippen LogP contribution in [0.15, 0.2) is 30.0 Å². The number of hydrogen-bond acceptors (Lipinski definition) is 8. The number of esters is 2. The maximum atomic E-state index is 12.6. The van der Waals surface area contributed by atoms with Crippen LogP contribution in [0.25, 0.3) is 0 Å². The molecule has 9 heteroatoms. The van der Waals surface area contributed by atoms with Crippen molar-refractivity contribution in [3.05, 3.63) is 35.5 Å². The molecule has 2 aliphatic heterocycles. The summed E-state index contributed by atoms with van der Waals surface area (Å²) in [5.41, 5.74) is 2.26. The van der Waals surface area contributed by atoms with Crippen LogP contribution >= 0.6 is 0 Å². The Bertz CT molecular complexity index is 843. The lowest BCUT2D eigenvalue weighted by molar-refractivity contribution is -0.146. The molecule has 0 aliphatic carbocycles. The van der Waals surface area contributed by atoms with Crippen molar-refractivity contribution in [1.29, 1.82) is 0 Å². The molecular formula is C22H29N3O6. The van der Waals surface area contributed by atoms with Gasteiger partial charge in [0.25, 0.3) is 0 Å². The SMILES string of the molecule is CCOC(=O)C(=CN1CC(=O)N(C)c2cc(CN3CCOCC3)ccc21)C(=O)OCC. The van der Waals surface area contributed by atoms with Crippen LogP contribution in [0.3, 0.4) is 0 Å². The Balaban J connectivity index is 1.92. The molecule has 9 nitrogen and oxygen atoms in total. The standard InChI is InChI=1S/C22H29N3O6/c1-4-30-21(27)17(22(28)31-5-2)14-25-15-20(26)23(3)19-12-16(6-7-18(19)25)13-24-8-10-29-11-9-24/h6-7,12,14H,4-5,8-11,13,15H2,1-3H3. The van der Waals surface area contributed by atoms with Crippen molar-refractivity contribution in [2.24, 2.45) is 0 Å². The molecule has 1 amide bonds. The van der Waals surface area contributed by atoms with Gasteiger partial charge in [-0.3, -0.25) is 9.69 Å². The largest absolute Gasteiger partial charge is 0.462 e. The number of rotatable bonds is 7. The van der Waals surface area contributed by atoms with Crippen LogP contribution in [0.2, 0.25) is 0 Å². The molecular weight excluding hydrogens is 402 g/mol. The van der Waals surface area contributed by atoms with Gasteiger partial charge in [0.15, 0.2) is 5.57 Å². The number of carbonyl (C=O) groups is 3. The van der Waals surface area contributed by atoms with Crippen molar-refractivity contribution in [3.8, 4) is 0 Å².